The molecule has 20 heavy (non-hydrogen) atoms. The van der Waals surface area contributed by atoms with Crippen molar-refractivity contribution in [3.05, 3.63) is 22.3 Å². The summed E-state index contributed by atoms with van der Waals surface area (Å²) in [6.45, 7) is 5.72. The number of carbonyl (C=O) groups excluding carboxylic acids is 1. The Bertz CT molecular complexity index is 653. The first-order valence-corrected chi connectivity index (χ1v) is 7.72. The highest BCUT2D eigenvalue weighted by atomic mass is 32.1. The zero-order chi connectivity index (χ0) is 14.1. The molecule has 0 spiro atoms. The molecule has 106 valence electrons. The van der Waals surface area contributed by atoms with E-state index in [2.05, 4.69) is 16.9 Å². The van der Waals surface area contributed by atoms with Crippen LogP contribution in [0, 0.1) is 6.92 Å². The number of nitrogens with zero attached hydrogens (tertiary/aromatic N) is 3. The maximum Gasteiger partial charge on any atom is 0.409 e. The molecule has 3 rings (SSSR count). The van der Waals surface area contributed by atoms with E-state index < -0.39 is 0 Å². The van der Waals surface area contributed by atoms with Crippen molar-refractivity contribution in [1.29, 1.82) is 0 Å². The molecule has 3 heterocycles. The summed E-state index contributed by atoms with van der Waals surface area (Å²) in [6.07, 6.45) is 1.38. The predicted molar refractivity (Wildman–Crippen MR) is 78.2 cm³/mol. The molecule has 2 aromatic heterocycles. The molecule has 0 aromatic carbocycles. The van der Waals surface area contributed by atoms with Crippen LogP contribution in [0.5, 0.6) is 0 Å². The third kappa shape index (κ3) is 2.24. The molecule has 0 fully saturated rings. The molecule has 0 saturated carbocycles. The molecular formula is C14H17N3O2S. The van der Waals surface area contributed by atoms with Crippen LogP contribution in [0.4, 0.5) is 4.79 Å². The van der Waals surface area contributed by atoms with Gasteiger partial charge in [0.1, 0.15) is 0 Å². The third-order valence-electron chi connectivity index (χ3n) is 3.71. The Morgan fingerprint density at radius 2 is 2.25 bits per heavy atom. The van der Waals surface area contributed by atoms with Crippen LogP contribution in [0.2, 0.25) is 0 Å². The smallest absolute Gasteiger partial charge is 0.409 e. The monoisotopic (exact) mass is 291 g/mol. The molecule has 0 radical (unpaired) electrons. The van der Waals surface area contributed by atoms with Crippen molar-refractivity contribution in [3.63, 3.8) is 0 Å². The highest BCUT2D eigenvalue weighted by Gasteiger charge is 2.22. The Labute approximate surface area is 121 Å². The second-order valence-electron chi connectivity index (χ2n) is 4.85. The van der Waals surface area contributed by atoms with E-state index >= 15 is 0 Å². The fourth-order valence-corrected chi connectivity index (χ4v) is 3.42. The van der Waals surface area contributed by atoms with Crippen molar-refractivity contribution < 1.29 is 9.53 Å². The van der Waals surface area contributed by atoms with Gasteiger partial charge in [-0.25, -0.2) is 14.8 Å². The van der Waals surface area contributed by atoms with Crippen LogP contribution < -0.4 is 0 Å². The standard InChI is InChI=1S/C14H17N3O2S/c1-3-19-14(18)17-6-4-10-9(2)12-13(15-8-20-12)16-11(10)5-7-17/h8H,3-7H2,1-2H3. The fraction of sp³-hybridized carbons (Fsp3) is 0.500. The van der Waals surface area contributed by atoms with Gasteiger partial charge in [-0.3, -0.25) is 0 Å². The molecule has 0 saturated heterocycles. The largest absolute Gasteiger partial charge is 0.450 e. The molecule has 2 aromatic rings. The van der Waals surface area contributed by atoms with E-state index in [4.69, 9.17) is 4.74 Å². The second-order valence-corrected chi connectivity index (χ2v) is 5.71. The van der Waals surface area contributed by atoms with Gasteiger partial charge in [-0.2, -0.15) is 0 Å². The van der Waals surface area contributed by atoms with Crippen LogP contribution in [-0.2, 0) is 17.6 Å². The summed E-state index contributed by atoms with van der Waals surface area (Å²) < 4.78 is 6.25. The quantitative estimate of drug-likeness (QED) is 0.810. The minimum absolute atomic E-state index is 0.224. The summed E-state index contributed by atoms with van der Waals surface area (Å²) in [5, 5.41) is 0. The van der Waals surface area contributed by atoms with Crippen molar-refractivity contribution in [2.45, 2.75) is 26.7 Å². The minimum atomic E-state index is -0.224. The molecule has 0 atom stereocenters. The van der Waals surface area contributed by atoms with E-state index in [0.717, 1.165) is 28.9 Å². The zero-order valence-electron chi connectivity index (χ0n) is 11.7. The number of thiazole rings is 1. The maximum absolute atomic E-state index is 11.8. The molecule has 0 aliphatic carbocycles. The fourth-order valence-electron chi connectivity index (χ4n) is 2.66. The van der Waals surface area contributed by atoms with Gasteiger partial charge in [0.2, 0.25) is 0 Å². The van der Waals surface area contributed by atoms with Gasteiger partial charge in [-0.15, -0.1) is 11.3 Å². The van der Waals surface area contributed by atoms with Crippen molar-refractivity contribution >= 4 is 27.8 Å². The average molecular weight is 291 g/mol. The Hall–Kier alpha value is -1.69. The molecule has 0 unspecified atom stereocenters. The molecular weight excluding hydrogens is 274 g/mol. The first-order valence-electron chi connectivity index (χ1n) is 6.84. The molecule has 1 aliphatic heterocycles. The number of carbonyl (C=O) groups is 1. The van der Waals surface area contributed by atoms with E-state index in [-0.39, 0.29) is 6.09 Å². The summed E-state index contributed by atoms with van der Waals surface area (Å²) in [4.78, 5) is 22.6. The number of pyridine rings is 1. The van der Waals surface area contributed by atoms with Crippen LogP contribution in [0.25, 0.3) is 10.3 Å². The number of amides is 1. The van der Waals surface area contributed by atoms with Crippen molar-refractivity contribution in [3.8, 4) is 0 Å². The minimum Gasteiger partial charge on any atom is -0.450 e. The SMILES string of the molecule is CCOC(=O)N1CCc2nc3ncsc3c(C)c2CC1. The number of fused-ring (bicyclic) bond motifs is 2. The van der Waals surface area contributed by atoms with Crippen molar-refractivity contribution in [2.24, 2.45) is 0 Å². The molecule has 0 bridgehead atoms. The van der Waals surface area contributed by atoms with Gasteiger partial charge in [-0.05, 0) is 31.4 Å². The summed E-state index contributed by atoms with van der Waals surface area (Å²) in [7, 11) is 0. The number of rotatable bonds is 1. The van der Waals surface area contributed by atoms with E-state index in [0.29, 0.717) is 19.7 Å². The first kappa shape index (κ1) is 13.3. The van der Waals surface area contributed by atoms with E-state index in [1.165, 1.54) is 11.1 Å². The first-order chi connectivity index (χ1) is 9.70. The Balaban J connectivity index is 1.91. The lowest BCUT2D eigenvalue weighted by Gasteiger charge is -2.18. The molecule has 6 heteroatoms. The Kier molecular flexibility index (Phi) is 3.56. The van der Waals surface area contributed by atoms with Gasteiger partial charge in [0.15, 0.2) is 5.65 Å². The van der Waals surface area contributed by atoms with Gasteiger partial charge < -0.3 is 9.64 Å². The van der Waals surface area contributed by atoms with Gasteiger partial charge in [0.25, 0.3) is 0 Å². The van der Waals surface area contributed by atoms with E-state index in [1.54, 1.807) is 16.2 Å². The molecule has 5 nitrogen and oxygen atoms in total. The summed E-state index contributed by atoms with van der Waals surface area (Å²) in [5.74, 6) is 0. The third-order valence-corrected chi connectivity index (χ3v) is 4.64. The Morgan fingerprint density at radius 1 is 1.45 bits per heavy atom. The number of hydrogen-bond donors (Lipinski definition) is 0. The van der Waals surface area contributed by atoms with Gasteiger partial charge in [0.05, 0.1) is 16.8 Å². The second kappa shape index (κ2) is 5.36. The lowest BCUT2D eigenvalue weighted by molar-refractivity contribution is 0.109. The van der Waals surface area contributed by atoms with Crippen LogP contribution >= 0.6 is 11.3 Å². The predicted octanol–water partition coefficient (Wildman–Crippen LogP) is 2.56. The number of hydrogen-bond acceptors (Lipinski definition) is 5. The highest BCUT2D eigenvalue weighted by Crippen LogP contribution is 2.27. The summed E-state index contributed by atoms with van der Waals surface area (Å²) >= 11 is 1.63. The van der Waals surface area contributed by atoms with E-state index in [1.807, 2.05) is 12.4 Å². The van der Waals surface area contributed by atoms with E-state index in [9.17, 15) is 4.79 Å². The summed E-state index contributed by atoms with van der Waals surface area (Å²) in [6, 6.07) is 0. The van der Waals surface area contributed by atoms with Gasteiger partial charge >= 0.3 is 6.09 Å². The van der Waals surface area contributed by atoms with Crippen LogP contribution in [0.15, 0.2) is 5.51 Å². The van der Waals surface area contributed by atoms with Crippen LogP contribution in [0.3, 0.4) is 0 Å². The van der Waals surface area contributed by atoms with Gasteiger partial charge in [0, 0.05) is 25.2 Å². The topological polar surface area (TPSA) is 55.3 Å². The van der Waals surface area contributed by atoms with Gasteiger partial charge in [-0.1, -0.05) is 0 Å². The normalized spacial score (nSPS) is 15.0. The zero-order valence-corrected chi connectivity index (χ0v) is 12.5. The maximum atomic E-state index is 11.8. The molecule has 1 aliphatic rings. The summed E-state index contributed by atoms with van der Waals surface area (Å²) in [5.41, 5.74) is 6.28. The lowest BCUT2D eigenvalue weighted by Crippen LogP contribution is -2.33. The average Bonchev–Trinajstić information content (AvgIpc) is 2.79. The van der Waals surface area contributed by atoms with Crippen LogP contribution in [-0.4, -0.2) is 40.7 Å². The van der Waals surface area contributed by atoms with Crippen LogP contribution in [0.1, 0.15) is 23.7 Å². The Morgan fingerprint density at radius 3 is 3.05 bits per heavy atom. The molecule has 1 amide bonds. The highest BCUT2D eigenvalue weighted by molar-refractivity contribution is 7.16. The number of ether oxygens (including phenoxy) is 1. The van der Waals surface area contributed by atoms with Crippen molar-refractivity contribution in [1.82, 2.24) is 14.9 Å². The number of aromatic nitrogens is 2. The molecule has 0 N–H and O–H groups in total. The number of aryl methyl sites for hydroxylation is 1. The van der Waals surface area contributed by atoms with Crippen molar-refractivity contribution in [2.75, 3.05) is 19.7 Å². The lowest BCUT2D eigenvalue weighted by atomic mass is 10.0.